The minimum Gasteiger partial charge on any atom is -0.335 e. The summed E-state index contributed by atoms with van der Waals surface area (Å²) >= 11 is 0. The van der Waals surface area contributed by atoms with Gasteiger partial charge in [0.2, 0.25) is 0 Å². The van der Waals surface area contributed by atoms with Crippen molar-refractivity contribution in [2.45, 2.75) is 193 Å². The number of hydrogen-bond acceptors (Lipinski definition) is 2. The fourth-order valence-corrected chi connectivity index (χ4v) is 15.2. The number of hydrogen-bond donors (Lipinski definition) is 0. The lowest BCUT2D eigenvalue weighted by molar-refractivity contribution is 0.193. The summed E-state index contributed by atoms with van der Waals surface area (Å²) in [7, 11) is 0. The van der Waals surface area contributed by atoms with Crippen LogP contribution in [0.3, 0.4) is 0 Å². The molecule has 3 nitrogen and oxygen atoms in total. The zero-order chi connectivity index (χ0) is 45.2. The molecule has 4 unspecified atom stereocenters. The summed E-state index contributed by atoms with van der Waals surface area (Å²) in [5.74, 6) is 0. The third kappa shape index (κ3) is 4.82. The summed E-state index contributed by atoms with van der Waals surface area (Å²) in [4.78, 5) is 5.87. The number of fused-ring (bicyclic) bond motifs is 13. The average molecular weight is 846 g/mol. The second-order valence-electron chi connectivity index (χ2n) is 25.8. The average Bonchev–Trinajstić information content (AvgIpc) is 3.74. The lowest BCUT2D eigenvalue weighted by Crippen LogP contribution is -2.64. The van der Waals surface area contributed by atoms with E-state index in [1.807, 2.05) is 0 Å². The first-order valence-electron chi connectivity index (χ1n) is 25.2. The van der Waals surface area contributed by atoms with Crippen LogP contribution < -0.4 is 26.2 Å². The fraction of sp³-hybridized carbons (Fsp3) is 0.500. The highest BCUT2D eigenvalue weighted by Crippen LogP contribution is 2.65. The van der Waals surface area contributed by atoms with Gasteiger partial charge in [0.05, 0.1) is 16.6 Å². The molecule has 5 aromatic carbocycles. The van der Waals surface area contributed by atoms with Gasteiger partial charge in [-0.15, -0.1) is 0 Å². The van der Waals surface area contributed by atoms with Crippen molar-refractivity contribution >= 4 is 67.7 Å². The van der Waals surface area contributed by atoms with Crippen molar-refractivity contribution in [1.29, 1.82) is 0 Å². The molecule has 330 valence electrons. The first kappa shape index (κ1) is 41.0. The van der Waals surface area contributed by atoms with Crippen molar-refractivity contribution in [3.63, 3.8) is 0 Å². The molecule has 0 radical (unpaired) electrons. The van der Waals surface area contributed by atoms with Gasteiger partial charge >= 0.3 is 0 Å². The Kier molecular flexibility index (Phi) is 7.89. The van der Waals surface area contributed by atoms with E-state index in [2.05, 4.69) is 185 Å². The quantitative estimate of drug-likeness (QED) is 0.153. The maximum absolute atomic E-state index is 2.98. The molecule has 4 aliphatic heterocycles. The van der Waals surface area contributed by atoms with Crippen LogP contribution in [0.15, 0.2) is 66.7 Å². The maximum atomic E-state index is 2.98. The summed E-state index contributed by atoms with van der Waals surface area (Å²) in [5.41, 5.74) is 25.0. The number of aryl methyl sites for hydroxylation is 2. The molecule has 2 fully saturated rings. The van der Waals surface area contributed by atoms with Gasteiger partial charge in [-0.05, 0) is 156 Å². The third-order valence-electron chi connectivity index (χ3n) is 19.1. The Labute approximate surface area is 385 Å². The minimum absolute atomic E-state index is 0.00727. The third-order valence-corrected chi connectivity index (χ3v) is 19.1. The van der Waals surface area contributed by atoms with Crippen LogP contribution in [0, 0.1) is 13.8 Å². The Morgan fingerprint density at radius 2 is 1.09 bits per heavy atom. The van der Waals surface area contributed by atoms with E-state index in [1.54, 1.807) is 22.3 Å². The van der Waals surface area contributed by atoms with E-state index >= 15 is 0 Å². The van der Waals surface area contributed by atoms with Crippen molar-refractivity contribution in [2.75, 3.05) is 9.80 Å². The van der Waals surface area contributed by atoms with Crippen molar-refractivity contribution < 1.29 is 0 Å². The normalized spacial score (nSPS) is 26.6. The maximum Gasteiger partial charge on any atom is 0.252 e. The molecule has 0 amide bonds. The number of rotatable bonds is 1. The highest BCUT2D eigenvalue weighted by molar-refractivity contribution is 7.00. The van der Waals surface area contributed by atoms with Crippen LogP contribution in [-0.2, 0) is 27.1 Å². The SMILES string of the molecule is Cc1cc(C)c2c3c1B1c4c(cc(N5c6ccc(C(C)(C)C)cc6C6(C)CCCCC56C)cc4-n4c5ccc(C(C)(C)C)cc5c5cc(C(C)(C)C)cc1c54)N3C1(C)CCCCC21C. The molecule has 6 aliphatic rings. The summed E-state index contributed by atoms with van der Waals surface area (Å²) in [6, 6.07) is 28.3. The molecule has 0 spiro atoms. The molecular weight excluding hydrogens is 773 g/mol. The van der Waals surface area contributed by atoms with Gasteiger partial charge in [-0.2, -0.15) is 0 Å². The van der Waals surface area contributed by atoms with Crippen molar-refractivity contribution in [1.82, 2.24) is 4.57 Å². The van der Waals surface area contributed by atoms with E-state index in [0.29, 0.717) is 0 Å². The molecule has 4 heteroatoms. The topological polar surface area (TPSA) is 11.4 Å². The van der Waals surface area contributed by atoms with E-state index in [4.69, 9.17) is 0 Å². The number of anilines is 4. The molecular formula is C60H72BN3. The molecule has 12 rings (SSSR count). The van der Waals surface area contributed by atoms with Crippen molar-refractivity contribution in [2.24, 2.45) is 0 Å². The Hall–Kier alpha value is -4.44. The lowest BCUT2D eigenvalue weighted by atomic mass is 9.33. The molecule has 6 aromatic rings. The van der Waals surface area contributed by atoms with Gasteiger partial charge in [-0.1, -0.05) is 138 Å². The van der Waals surface area contributed by atoms with E-state index < -0.39 is 0 Å². The number of nitrogens with zero attached hydrogens (tertiary/aromatic N) is 3. The van der Waals surface area contributed by atoms with Crippen LogP contribution in [0.2, 0.25) is 0 Å². The highest BCUT2D eigenvalue weighted by Gasteiger charge is 2.63. The molecule has 4 atom stereocenters. The second kappa shape index (κ2) is 12.3. The monoisotopic (exact) mass is 846 g/mol. The summed E-state index contributed by atoms with van der Waals surface area (Å²) in [5, 5.41) is 2.79. The molecule has 64 heavy (non-hydrogen) atoms. The number of benzene rings is 5. The first-order valence-corrected chi connectivity index (χ1v) is 25.2. The second-order valence-corrected chi connectivity index (χ2v) is 25.8. The molecule has 2 saturated carbocycles. The van der Waals surface area contributed by atoms with Gasteiger partial charge in [0.15, 0.2) is 0 Å². The molecule has 5 heterocycles. The smallest absolute Gasteiger partial charge is 0.252 e. The van der Waals surface area contributed by atoms with E-state index in [-0.39, 0.29) is 44.9 Å². The van der Waals surface area contributed by atoms with E-state index in [0.717, 1.165) is 0 Å². The Balaban J connectivity index is 1.26. The number of aromatic nitrogens is 1. The molecule has 2 aliphatic carbocycles. The Morgan fingerprint density at radius 1 is 0.516 bits per heavy atom. The largest absolute Gasteiger partial charge is 0.335 e. The first-order chi connectivity index (χ1) is 29.9. The minimum atomic E-state index is -0.0620. The zero-order valence-corrected chi connectivity index (χ0v) is 41.9. The van der Waals surface area contributed by atoms with Crippen LogP contribution >= 0.6 is 0 Å². The van der Waals surface area contributed by atoms with E-state index in [9.17, 15) is 0 Å². The predicted molar refractivity (Wildman–Crippen MR) is 277 cm³/mol. The molecule has 0 N–H and O–H groups in total. The Morgan fingerprint density at radius 3 is 1.77 bits per heavy atom. The summed E-state index contributed by atoms with van der Waals surface area (Å²) in [6.45, 7) is 37.1. The zero-order valence-electron chi connectivity index (χ0n) is 41.9. The van der Waals surface area contributed by atoms with Gasteiger partial charge in [0, 0.05) is 55.6 Å². The van der Waals surface area contributed by atoms with Crippen molar-refractivity contribution in [3.05, 3.63) is 106 Å². The van der Waals surface area contributed by atoms with Gasteiger partial charge < -0.3 is 14.4 Å². The predicted octanol–water partition coefficient (Wildman–Crippen LogP) is 13.9. The summed E-state index contributed by atoms with van der Waals surface area (Å²) < 4.78 is 2.76. The van der Waals surface area contributed by atoms with Gasteiger partial charge in [-0.25, -0.2) is 0 Å². The van der Waals surface area contributed by atoms with Gasteiger partial charge in [0.1, 0.15) is 0 Å². The Bertz CT molecular complexity index is 3070. The molecule has 0 bridgehead atoms. The van der Waals surface area contributed by atoms with Gasteiger partial charge in [0.25, 0.3) is 6.71 Å². The molecule has 0 saturated heterocycles. The lowest BCUT2D eigenvalue weighted by Gasteiger charge is -2.53. The van der Waals surface area contributed by atoms with Gasteiger partial charge in [-0.3, -0.25) is 0 Å². The van der Waals surface area contributed by atoms with Crippen LogP contribution in [0.5, 0.6) is 0 Å². The fourth-order valence-electron chi connectivity index (χ4n) is 15.2. The van der Waals surface area contributed by atoms with Crippen LogP contribution in [0.25, 0.3) is 27.5 Å². The standard InChI is InChI=1S/C60H72BN3/c1-35-28-36(2)50-53-49(35)58(13)25-17-19-27-60(58,15)64(53)48-34-40(63-46-23-21-38(55(6,7)8)31-43(46)57(12)24-16-18-26-59(57,63)14)33-47-51(48)61(50)44-32-39(56(9,10)11)30-42-41-29-37(54(3,4)5)20-22-45(41)62(47)52(42)44/h20-23,28-34H,16-19,24-27H2,1-15H3. The van der Waals surface area contributed by atoms with Crippen LogP contribution in [0.1, 0.15) is 180 Å². The molecule has 1 aromatic heterocycles. The van der Waals surface area contributed by atoms with E-state index in [1.165, 1.54) is 135 Å². The van der Waals surface area contributed by atoms with Crippen LogP contribution in [-0.4, -0.2) is 22.4 Å². The summed E-state index contributed by atoms with van der Waals surface area (Å²) in [6.07, 6.45) is 9.98. The van der Waals surface area contributed by atoms with Crippen molar-refractivity contribution in [3.8, 4) is 5.69 Å². The van der Waals surface area contributed by atoms with Crippen LogP contribution in [0.4, 0.5) is 22.7 Å². The highest BCUT2D eigenvalue weighted by atomic mass is 15.3.